The lowest BCUT2D eigenvalue weighted by Crippen LogP contribution is -2.45. The molecule has 1 aromatic carbocycles. The number of carbonyl (C=O) groups is 1. The van der Waals surface area contributed by atoms with Gasteiger partial charge in [-0.1, -0.05) is 29.8 Å². The minimum atomic E-state index is -0.622. The molecule has 4 nitrogen and oxygen atoms in total. The fourth-order valence-corrected chi connectivity index (χ4v) is 3.09. The summed E-state index contributed by atoms with van der Waals surface area (Å²) in [6.45, 7) is 8.03. The minimum absolute atomic E-state index is 0. The molecule has 1 aromatic rings. The fraction of sp³-hybridized carbons (Fsp3) is 0.611. The number of aryl methyl sites for hydroxylation is 1. The summed E-state index contributed by atoms with van der Waals surface area (Å²) in [6.07, 6.45) is 1.15. The normalized spacial score (nSPS) is 22.1. The minimum Gasteiger partial charge on any atom is -0.387 e. The number of halogens is 1. The Balaban J connectivity index is 0.00000264. The second kappa shape index (κ2) is 9.26. The summed E-state index contributed by atoms with van der Waals surface area (Å²) in [5, 5.41) is 13.8. The van der Waals surface area contributed by atoms with Crippen molar-refractivity contribution in [3.63, 3.8) is 0 Å². The monoisotopic (exact) mass is 340 g/mol. The SMILES string of the molecule is CCN(CC(O)c1ccc(C)cc1)C(=O)[C@H]1CCN[C@@H](C)C1.Cl. The molecule has 0 radical (unpaired) electrons. The lowest BCUT2D eigenvalue weighted by Gasteiger charge is -2.32. The van der Waals surface area contributed by atoms with E-state index in [9.17, 15) is 9.90 Å². The second-order valence-corrected chi connectivity index (χ2v) is 6.38. The highest BCUT2D eigenvalue weighted by Crippen LogP contribution is 2.21. The molecule has 3 atom stereocenters. The summed E-state index contributed by atoms with van der Waals surface area (Å²) in [5.74, 6) is 0.267. The molecule has 0 aromatic heterocycles. The van der Waals surface area contributed by atoms with Crippen LogP contribution in [0.1, 0.15) is 43.9 Å². The van der Waals surface area contributed by atoms with Crippen LogP contribution >= 0.6 is 12.4 Å². The molecule has 1 fully saturated rings. The molecule has 0 aliphatic carbocycles. The molecular weight excluding hydrogens is 312 g/mol. The van der Waals surface area contributed by atoms with Gasteiger partial charge in [0.1, 0.15) is 0 Å². The van der Waals surface area contributed by atoms with Gasteiger partial charge in [0.2, 0.25) is 5.91 Å². The zero-order chi connectivity index (χ0) is 16.1. The first kappa shape index (κ1) is 19.9. The Labute approximate surface area is 145 Å². The average molecular weight is 341 g/mol. The van der Waals surface area contributed by atoms with E-state index >= 15 is 0 Å². The molecule has 1 aliphatic rings. The highest BCUT2D eigenvalue weighted by atomic mass is 35.5. The van der Waals surface area contributed by atoms with Crippen LogP contribution in [0.25, 0.3) is 0 Å². The standard InChI is InChI=1S/C18H28N2O2.ClH/c1-4-20(18(22)16-9-10-19-14(3)11-16)12-17(21)15-7-5-13(2)6-8-15;/h5-8,14,16-17,19,21H,4,9-12H2,1-3H3;1H/t14-,16-,17?;/m0./s1. The number of nitrogens with one attached hydrogen (secondary N) is 1. The Morgan fingerprint density at radius 2 is 2.04 bits per heavy atom. The maximum absolute atomic E-state index is 12.7. The topological polar surface area (TPSA) is 52.6 Å². The van der Waals surface area contributed by atoms with Gasteiger partial charge in [0.05, 0.1) is 12.6 Å². The molecule has 0 spiro atoms. The molecule has 1 amide bonds. The van der Waals surface area contributed by atoms with Crippen LogP contribution in [0.5, 0.6) is 0 Å². The molecule has 1 unspecified atom stereocenters. The van der Waals surface area contributed by atoms with E-state index in [0.29, 0.717) is 19.1 Å². The Morgan fingerprint density at radius 1 is 1.39 bits per heavy atom. The molecule has 1 heterocycles. The summed E-state index contributed by atoms with van der Waals surface area (Å²) in [7, 11) is 0. The first-order chi connectivity index (χ1) is 10.5. The number of amides is 1. The number of hydrogen-bond acceptors (Lipinski definition) is 3. The molecule has 5 heteroatoms. The maximum Gasteiger partial charge on any atom is 0.225 e. The zero-order valence-corrected chi connectivity index (χ0v) is 15.1. The molecular formula is C18H29ClN2O2. The van der Waals surface area contributed by atoms with Gasteiger partial charge in [0.25, 0.3) is 0 Å². The van der Waals surface area contributed by atoms with Crippen molar-refractivity contribution in [1.29, 1.82) is 0 Å². The number of likely N-dealkylation sites (N-methyl/N-ethyl adjacent to an activating group) is 1. The first-order valence-electron chi connectivity index (χ1n) is 8.28. The second-order valence-electron chi connectivity index (χ2n) is 6.38. The third-order valence-corrected chi connectivity index (χ3v) is 4.52. The third kappa shape index (κ3) is 5.48. The van der Waals surface area contributed by atoms with E-state index in [0.717, 1.165) is 24.9 Å². The summed E-state index contributed by atoms with van der Waals surface area (Å²) in [4.78, 5) is 14.5. The van der Waals surface area contributed by atoms with E-state index in [-0.39, 0.29) is 24.2 Å². The van der Waals surface area contributed by atoms with Crippen LogP contribution in [0, 0.1) is 12.8 Å². The largest absolute Gasteiger partial charge is 0.387 e. The molecule has 130 valence electrons. The Morgan fingerprint density at radius 3 is 2.61 bits per heavy atom. The molecule has 1 aliphatic heterocycles. The number of nitrogens with zero attached hydrogens (tertiary/aromatic N) is 1. The summed E-state index contributed by atoms with van der Waals surface area (Å²) in [6, 6.07) is 8.25. The van der Waals surface area contributed by atoms with Crippen molar-refractivity contribution in [3.8, 4) is 0 Å². The highest BCUT2D eigenvalue weighted by Gasteiger charge is 2.29. The van der Waals surface area contributed by atoms with Gasteiger partial charge in [-0.15, -0.1) is 12.4 Å². The zero-order valence-electron chi connectivity index (χ0n) is 14.3. The van der Waals surface area contributed by atoms with Crippen molar-refractivity contribution in [2.24, 2.45) is 5.92 Å². The van der Waals surface area contributed by atoms with Gasteiger partial charge in [-0.25, -0.2) is 0 Å². The lowest BCUT2D eigenvalue weighted by atomic mass is 9.91. The van der Waals surface area contributed by atoms with Crippen LogP contribution in [0.3, 0.4) is 0 Å². The Bertz CT molecular complexity index is 492. The van der Waals surface area contributed by atoms with Gasteiger partial charge in [-0.3, -0.25) is 4.79 Å². The Kier molecular flexibility index (Phi) is 8.03. The predicted octanol–water partition coefficient (Wildman–Crippen LogP) is 2.69. The predicted molar refractivity (Wildman–Crippen MR) is 95.8 cm³/mol. The van der Waals surface area contributed by atoms with Crippen molar-refractivity contribution in [1.82, 2.24) is 10.2 Å². The van der Waals surface area contributed by atoms with E-state index in [1.165, 1.54) is 5.56 Å². The molecule has 2 N–H and O–H groups in total. The van der Waals surface area contributed by atoms with Crippen molar-refractivity contribution >= 4 is 18.3 Å². The number of carbonyl (C=O) groups excluding carboxylic acids is 1. The first-order valence-corrected chi connectivity index (χ1v) is 8.28. The smallest absolute Gasteiger partial charge is 0.225 e. The van der Waals surface area contributed by atoms with E-state index in [2.05, 4.69) is 12.2 Å². The number of benzene rings is 1. The number of aliphatic hydroxyl groups excluding tert-OH is 1. The van der Waals surface area contributed by atoms with Crippen molar-refractivity contribution < 1.29 is 9.90 Å². The van der Waals surface area contributed by atoms with Gasteiger partial charge >= 0.3 is 0 Å². The maximum atomic E-state index is 12.7. The lowest BCUT2D eigenvalue weighted by molar-refractivity contribution is -0.138. The van der Waals surface area contributed by atoms with Crippen molar-refractivity contribution in [3.05, 3.63) is 35.4 Å². The van der Waals surface area contributed by atoms with Crippen LogP contribution in [0.2, 0.25) is 0 Å². The fourth-order valence-electron chi connectivity index (χ4n) is 3.09. The third-order valence-electron chi connectivity index (χ3n) is 4.52. The van der Waals surface area contributed by atoms with Crippen LogP contribution < -0.4 is 5.32 Å². The van der Waals surface area contributed by atoms with Crippen LogP contribution in [0.4, 0.5) is 0 Å². The number of aliphatic hydroxyl groups is 1. The molecule has 23 heavy (non-hydrogen) atoms. The molecule has 0 bridgehead atoms. The Hall–Kier alpha value is -1.10. The highest BCUT2D eigenvalue weighted by molar-refractivity contribution is 5.85. The van der Waals surface area contributed by atoms with Crippen LogP contribution in [-0.4, -0.2) is 41.6 Å². The van der Waals surface area contributed by atoms with Crippen LogP contribution in [0.15, 0.2) is 24.3 Å². The molecule has 1 saturated heterocycles. The van der Waals surface area contributed by atoms with Crippen molar-refractivity contribution in [2.45, 2.75) is 45.8 Å². The van der Waals surface area contributed by atoms with E-state index < -0.39 is 6.10 Å². The quantitative estimate of drug-likeness (QED) is 0.866. The van der Waals surface area contributed by atoms with E-state index in [1.54, 1.807) is 4.90 Å². The number of rotatable bonds is 5. The van der Waals surface area contributed by atoms with Gasteiger partial charge in [0.15, 0.2) is 0 Å². The van der Waals surface area contributed by atoms with Crippen molar-refractivity contribution in [2.75, 3.05) is 19.6 Å². The summed E-state index contributed by atoms with van der Waals surface area (Å²) in [5.41, 5.74) is 2.04. The summed E-state index contributed by atoms with van der Waals surface area (Å²) >= 11 is 0. The average Bonchev–Trinajstić information content (AvgIpc) is 2.52. The van der Waals surface area contributed by atoms with E-state index in [4.69, 9.17) is 0 Å². The van der Waals surface area contributed by atoms with Gasteiger partial charge in [-0.05, 0) is 45.7 Å². The number of piperidine rings is 1. The molecule has 2 rings (SSSR count). The van der Waals surface area contributed by atoms with Gasteiger partial charge in [-0.2, -0.15) is 0 Å². The summed E-state index contributed by atoms with van der Waals surface area (Å²) < 4.78 is 0. The van der Waals surface area contributed by atoms with Gasteiger partial charge < -0.3 is 15.3 Å². The molecule has 0 saturated carbocycles. The van der Waals surface area contributed by atoms with Gasteiger partial charge in [0, 0.05) is 18.5 Å². The number of hydrogen-bond donors (Lipinski definition) is 2. The van der Waals surface area contributed by atoms with Crippen LogP contribution in [-0.2, 0) is 4.79 Å². The van der Waals surface area contributed by atoms with E-state index in [1.807, 2.05) is 38.1 Å².